The van der Waals surface area contributed by atoms with E-state index < -0.39 is 12.3 Å². The minimum absolute atomic E-state index is 0.116. The number of rotatable bonds is 5. The summed E-state index contributed by atoms with van der Waals surface area (Å²) >= 11 is 3.25. The molecule has 0 atom stereocenters. The summed E-state index contributed by atoms with van der Waals surface area (Å²) in [6.07, 6.45) is -4.80. The number of carbonyl (C=O) groups is 1. The van der Waals surface area contributed by atoms with Crippen LogP contribution in [-0.4, -0.2) is 19.4 Å². The molecule has 2 aromatic carbocycles. The molecule has 0 aliphatic rings. The molecule has 1 amide bonds. The summed E-state index contributed by atoms with van der Waals surface area (Å²) in [6.45, 7) is -0.116. The maximum absolute atomic E-state index is 12.4. The average Bonchev–Trinajstić information content (AvgIpc) is 2.53. The van der Waals surface area contributed by atoms with E-state index in [1.165, 1.54) is 31.4 Å². The van der Waals surface area contributed by atoms with E-state index in [4.69, 9.17) is 4.74 Å². The summed E-state index contributed by atoms with van der Waals surface area (Å²) in [4.78, 5) is 12.2. The molecule has 0 saturated heterocycles. The van der Waals surface area contributed by atoms with Crippen LogP contribution in [0, 0.1) is 0 Å². The number of alkyl halides is 3. The Morgan fingerprint density at radius 1 is 1.21 bits per heavy atom. The van der Waals surface area contributed by atoms with Crippen molar-refractivity contribution in [2.45, 2.75) is 12.9 Å². The highest BCUT2D eigenvalue weighted by molar-refractivity contribution is 9.10. The summed E-state index contributed by atoms with van der Waals surface area (Å²) in [5.74, 6) is -0.318. The van der Waals surface area contributed by atoms with Crippen molar-refractivity contribution in [2.75, 3.05) is 7.11 Å². The van der Waals surface area contributed by atoms with E-state index in [1.54, 1.807) is 18.2 Å². The van der Waals surface area contributed by atoms with E-state index in [0.29, 0.717) is 15.8 Å². The van der Waals surface area contributed by atoms with Crippen molar-refractivity contribution >= 4 is 21.8 Å². The SMILES string of the molecule is COc1ccc(Br)c(C(=O)NCc2ccccc2OC(F)(F)F)c1. The lowest BCUT2D eigenvalue weighted by atomic mass is 10.1. The van der Waals surface area contributed by atoms with Gasteiger partial charge in [-0.15, -0.1) is 13.2 Å². The van der Waals surface area contributed by atoms with Gasteiger partial charge in [-0.25, -0.2) is 0 Å². The first kappa shape index (κ1) is 18.1. The number of hydrogen-bond donors (Lipinski definition) is 1. The maximum Gasteiger partial charge on any atom is 0.573 e. The molecule has 128 valence electrons. The van der Waals surface area contributed by atoms with Crippen LogP contribution in [0.15, 0.2) is 46.9 Å². The molecule has 8 heteroatoms. The minimum atomic E-state index is -4.80. The summed E-state index contributed by atoms with van der Waals surface area (Å²) in [7, 11) is 1.47. The molecule has 4 nitrogen and oxygen atoms in total. The molecule has 1 N–H and O–H groups in total. The topological polar surface area (TPSA) is 47.6 Å². The van der Waals surface area contributed by atoms with Crippen LogP contribution in [0.25, 0.3) is 0 Å². The van der Waals surface area contributed by atoms with Gasteiger partial charge in [0.2, 0.25) is 0 Å². The Morgan fingerprint density at radius 3 is 2.58 bits per heavy atom. The molecule has 0 aliphatic carbocycles. The third-order valence-corrected chi connectivity index (χ3v) is 3.75. The van der Waals surface area contributed by atoms with E-state index in [9.17, 15) is 18.0 Å². The van der Waals surface area contributed by atoms with Crippen molar-refractivity contribution in [2.24, 2.45) is 0 Å². The van der Waals surface area contributed by atoms with Gasteiger partial charge >= 0.3 is 6.36 Å². The van der Waals surface area contributed by atoms with E-state index in [2.05, 4.69) is 26.0 Å². The van der Waals surface area contributed by atoms with E-state index in [1.807, 2.05) is 0 Å². The molecular formula is C16H13BrF3NO3. The van der Waals surface area contributed by atoms with Crippen LogP contribution in [0.3, 0.4) is 0 Å². The highest BCUT2D eigenvalue weighted by atomic mass is 79.9. The standard InChI is InChI=1S/C16H13BrF3NO3/c1-23-11-6-7-13(17)12(8-11)15(22)21-9-10-4-2-3-5-14(10)24-16(18,19)20/h2-8H,9H2,1H3,(H,21,22). The van der Waals surface area contributed by atoms with Gasteiger partial charge in [0, 0.05) is 16.6 Å². The van der Waals surface area contributed by atoms with Crippen molar-refractivity contribution in [1.82, 2.24) is 5.32 Å². The van der Waals surface area contributed by atoms with Crippen molar-refractivity contribution in [1.29, 1.82) is 0 Å². The summed E-state index contributed by atoms with van der Waals surface area (Å²) < 4.78 is 46.7. The van der Waals surface area contributed by atoms with Gasteiger partial charge in [0.05, 0.1) is 12.7 Å². The predicted octanol–water partition coefficient (Wildman–Crippen LogP) is 4.29. The van der Waals surface area contributed by atoms with Gasteiger partial charge in [-0.2, -0.15) is 0 Å². The number of halogens is 4. The molecule has 0 saturated carbocycles. The second-order valence-corrected chi connectivity index (χ2v) is 5.54. The minimum Gasteiger partial charge on any atom is -0.497 e. The third kappa shape index (κ3) is 4.89. The summed E-state index contributed by atoms with van der Waals surface area (Å²) in [5, 5.41) is 2.56. The Balaban J connectivity index is 2.13. The smallest absolute Gasteiger partial charge is 0.497 e. The van der Waals surface area contributed by atoms with Crippen molar-refractivity contribution in [3.8, 4) is 11.5 Å². The van der Waals surface area contributed by atoms with E-state index in [0.717, 1.165) is 0 Å². The fourth-order valence-electron chi connectivity index (χ4n) is 1.95. The van der Waals surface area contributed by atoms with Crippen molar-refractivity contribution in [3.05, 3.63) is 58.1 Å². The van der Waals surface area contributed by atoms with Crippen LogP contribution < -0.4 is 14.8 Å². The number of hydrogen-bond acceptors (Lipinski definition) is 3. The molecule has 0 fully saturated rings. The molecular weight excluding hydrogens is 391 g/mol. The molecule has 2 rings (SSSR count). The number of para-hydroxylation sites is 1. The maximum atomic E-state index is 12.4. The molecule has 0 aromatic heterocycles. The highest BCUT2D eigenvalue weighted by Gasteiger charge is 2.32. The van der Waals surface area contributed by atoms with Crippen LogP contribution in [0.4, 0.5) is 13.2 Å². The Morgan fingerprint density at radius 2 is 1.92 bits per heavy atom. The van der Waals surface area contributed by atoms with Crippen LogP contribution in [-0.2, 0) is 6.54 Å². The predicted molar refractivity (Wildman–Crippen MR) is 85.0 cm³/mol. The van der Waals surface area contributed by atoms with Gasteiger partial charge in [0.15, 0.2) is 0 Å². The van der Waals surface area contributed by atoms with Crippen LogP contribution in [0.1, 0.15) is 15.9 Å². The normalized spacial score (nSPS) is 11.0. The van der Waals surface area contributed by atoms with E-state index in [-0.39, 0.29) is 17.9 Å². The fraction of sp³-hybridized carbons (Fsp3) is 0.188. The number of methoxy groups -OCH3 is 1. The zero-order valence-corrected chi connectivity index (χ0v) is 14.1. The van der Waals surface area contributed by atoms with E-state index >= 15 is 0 Å². The molecule has 0 heterocycles. The molecule has 24 heavy (non-hydrogen) atoms. The third-order valence-electron chi connectivity index (χ3n) is 3.06. The molecule has 2 aromatic rings. The van der Waals surface area contributed by atoms with Gasteiger partial charge in [-0.3, -0.25) is 4.79 Å². The van der Waals surface area contributed by atoms with Gasteiger partial charge < -0.3 is 14.8 Å². The van der Waals surface area contributed by atoms with Crippen LogP contribution in [0.5, 0.6) is 11.5 Å². The Kier molecular flexibility index (Phi) is 5.71. The lowest BCUT2D eigenvalue weighted by Crippen LogP contribution is -2.24. The second kappa shape index (κ2) is 7.57. The first-order chi connectivity index (χ1) is 11.3. The average molecular weight is 404 g/mol. The Hall–Kier alpha value is -2.22. The van der Waals surface area contributed by atoms with Gasteiger partial charge in [-0.1, -0.05) is 18.2 Å². The molecule has 0 spiro atoms. The molecule has 0 radical (unpaired) electrons. The van der Waals surface area contributed by atoms with Crippen molar-refractivity contribution in [3.63, 3.8) is 0 Å². The number of amides is 1. The molecule has 0 aliphatic heterocycles. The largest absolute Gasteiger partial charge is 0.573 e. The number of ether oxygens (including phenoxy) is 2. The van der Waals surface area contributed by atoms with Gasteiger partial charge in [0.1, 0.15) is 11.5 Å². The summed E-state index contributed by atoms with van der Waals surface area (Å²) in [5.41, 5.74) is 0.519. The first-order valence-electron chi connectivity index (χ1n) is 6.75. The lowest BCUT2D eigenvalue weighted by Gasteiger charge is -2.14. The lowest BCUT2D eigenvalue weighted by molar-refractivity contribution is -0.274. The summed E-state index contributed by atoms with van der Waals surface area (Å²) in [6, 6.07) is 10.5. The molecule has 0 bridgehead atoms. The Bertz CT molecular complexity index is 735. The monoisotopic (exact) mass is 403 g/mol. The zero-order valence-electron chi connectivity index (χ0n) is 12.5. The number of nitrogens with one attached hydrogen (secondary N) is 1. The van der Waals surface area contributed by atoms with Crippen molar-refractivity contribution < 1.29 is 27.4 Å². The first-order valence-corrected chi connectivity index (χ1v) is 7.55. The number of carbonyl (C=O) groups excluding carboxylic acids is 1. The Labute approximate surface area is 144 Å². The zero-order chi connectivity index (χ0) is 17.7. The second-order valence-electron chi connectivity index (χ2n) is 4.68. The van der Waals surface area contributed by atoms with Gasteiger partial charge in [0.25, 0.3) is 5.91 Å². The highest BCUT2D eigenvalue weighted by Crippen LogP contribution is 2.26. The molecule has 0 unspecified atom stereocenters. The number of benzene rings is 2. The van der Waals surface area contributed by atoms with Crippen LogP contribution in [0.2, 0.25) is 0 Å². The van der Waals surface area contributed by atoms with Crippen LogP contribution >= 0.6 is 15.9 Å². The van der Waals surface area contributed by atoms with Gasteiger partial charge in [-0.05, 0) is 40.2 Å². The fourth-order valence-corrected chi connectivity index (χ4v) is 2.38. The quantitative estimate of drug-likeness (QED) is 0.809.